The first kappa shape index (κ1) is 19.5. The van der Waals surface area contributed by atoms with E-state index in [9.17, 15) is 4.79 Å². The summed E-state index contributed by atoms with van der Waals surface area (Å²) in [6, 6.07) is 3.01. The third kappa shape index (κ3) is 3.58. The summed E-state index contributed by atoms with van der Waals surface area (Å²) in [6.07, 6.45) is 1.50. The van der Waals surface area contributed by atoms with Crippen molar-refractivity contribution in [2.24, 2.45) is 0 Å². The summed E-state index contributed by atoms with van der Waals surface area (Å²) in [5.41, 5.74) is -1.67. The molecule has 0 amide bonds. The van der Waals surface area contributed by atoms with Crippen molar-refractivity contribution in [3.8, 4) is 11.1 Å². The standard InChI is InChI=1S/C18H17Cl3FNO3/c1-17(2,3)26-16(24)14-10(6-23-15(14)18(22)7-25-8-18)13-11(20)4-9(19)5-12(13)21/h4-6,23H,7-8H2,1-3H3. The molecule has 1 N–H and O–H groups in total. The Labute approximate surface area is 165 Å². The molecule has 8 heteroatoms. The van der Waals surface area contributed by atoms with Gasteiger partial charge in [-0.05, 0) is 32.9 Å². The van der Waals surface area contributed by atoms with Gasteiger partial charge in [0.15, 0.2) is 5.67 Å². The molecule has 0 saturated carbocycles. The molecule has 3 rings (SSSR count). The lowest BCUT2D eigenvalue weighted by Crippen LogP contribution is -2.44. The molecule has 1 aromatic carbocycles. The minimum atomic E-state index is -1.80. The molecule has 0 bridgehead atoms. The smallest absolute Gasteiger partial charge is 0.341 e. The second-order valence-electron chi connectivity index (χ2n) is 7.16. The fourth-order valence-corrected chi connectivity index (χ4v) is 3.76. The average molecular weight is 421 g/mol. The zero-order valence-electron chi connectivity index (χ0n) is 14.4. The van der Waals surface area contributed by atoms with Crippen LogP contribution in [0.5, 0.6) is 0 Å². The lowest BCUT2D eigenvalue weighted by Gasteiger charge is -2.34. The Morgan fingerprint density at radius 3 is 2.27 bits per heavy atom. The van der Waals surface area contributed by atoms with E-state index < -0.39 is 17.2 Å². The molecule has 0 spiro atoms. The van der Waals surface area contributed by atoms with Crippen molar-refractivity contribution in [3.05, 3.63) is 44.7 Å². The minimum absolute atomic E-state index is 0.0526. The van der Waals surface area contributed by atoms with Crippen LogP contribution in [0.1, 0.15) is 36.8 Å². The van der Waals surface area contributed by atoms with Crippen LogP contribution in [0.2, 0.25) is 15.1 Å². The summed E-state index contributed by atoms with van der Waals surface area (Å²) in [4.78, 5) is 15.7. The van der Waals surface area contributed by atoms with E-state index in [-0.39, 0.29) is 34.5 Å². The maximum Gasteiger partial charge on any atom is 0.341 e. The number of rotatable bonds is 3. The number of aromatic amines is 1. The molecule has 1 aliphatic rings. The summed E-state index contributed by atoms with van der Waals surface area (Å²) in [6.45, 7) is 4.90. The third-order valence-electron chi connectivity index (χ3n) is 3.87. The Morgan fingerprint density at radius 2 is 1.81 bits per heavy atom. The highest BCUT2D eigenvalue weighted by Crippen LogP contribution is 2.44. The van der Waals surface area contributed by atoms with Gasteiger partial charge in [0.2, 0.25) is 0 Å². The van der Waals surface area contributed by atoms with E-state index in [0.29, 0.717) is 16.1 Å². The van der Waals surface area contributed by atoms with E-state index in [0.717, 1.165) is 0 Å². The monoisotopic (exact) mass is 419 g/mol. The summed E-state index contributed by atoms with van der Waals surface area (Å²) in [5, 5.41) is 0.846. The van der Waals surface area contributed by atoms with Gasteiger partial charge in [0, 0.05) is 22.3 Å². The molecule has 0 radical (unpaired) electrons. The largest absolute Gasteiger partial charge is 0.456 e. The first-order chi connectivity index (χ1) is 12.0. The Morgan fingerprint density at radius 1 is 1.23 bits per heavy atom. The lowest BCUT2D eigenvalue weighted by molar-refractivity contribution is -0.137. The Balaban J connectivity index is 2.19. The number of H-pyrrole nitrogens is 1. The van der Waals surface area contributed by atoms with Crippen LogP contribution in [0, 0.1) is 0 Å². The van der Waals surface area contributed by atoms with Crippen molar-refractivity contribution in [1.82, 2.24) is 4.98 Å². The number of benzene rings is 1. The molecular formula is C18H17Cl3FNO3. The van der Waals surface area contributed by atoms with Crippen molar-refractivity contribution >= 4 is 40.8 Å². The lowest BCUT2D eigenvalue weighted by atomic mass is 9.93. The molecule has 0 aliphatic carbocycles. The van der Waals surface area contributed by atoms with Crippen LogP contribution in [-0.4, -0.2) is 29.8 Å². The number of halogens is 4. The van der Waals surface area contributed by atoms with Gasteiger partial charge in [-0.3, -0.25) is 0 Å². The summed E-state index contributed by atoms with van der Waals surface area (Å²) < 4.78 is 25.5. The number of ether oxygens (including phenoxy) is 2. The van der Waals surface area contributed by atoms with Gasteiger partial charge in [0.25, 0.3) is 0 Å². The second kappa shape index (κ2) is 6.71. The van der Waals surface area contributed by atoms with Crippen LogP contribution >= 0.6 is 34.8 Å². The van der Waals surface area contributed by atoms with Gasteiger partial charge < -0.3 is 14.5 Å². The van der Waals surface area contributed by atoms with Gasteiger partial charge in [-0.25, -0.2) is 9.18 Å². The summed E-state index contributed by atoms with van der Waals surface area (Å²) >= 11 is 18.6. The molecule has 1 aromatic heterocycles. The van der Waals surface area contributed by atoms with Crippen LogP contribution in [0.25, 0.3) is 11.1 Å². The van der Waals surface area contributed by atoms with Gasteiger partial charge >= 0.3 is 5.97 Å². The number of hydrogen-bond donors (Lipinski definition) is 1. The molecule has 4 nitrogen and oxygen atoms in total. The third-order valence-corrected chi connectivity index (χ3v) is 4.68. The first-order valence-corrected chi connectivity index (χ1v) is 9.02. The average Bonchev–Trinajstić information content (AvgIpc) is 2.86. The maximum absolute atomic E-state index is 15.0. The van der Waals surface area contributed by atoms with Gasteiger partial charge in [-0.1, -0.05) is 34.8 Å². The molecule has 2 aromatic rings. The van der Waals surface area contributed by atoms with E-state index in [2.05, 4.69) is 4.98 Å². The molecule has 1 fully saturated rings. The molecule has 1 saturated heterocycles. The number of esters is 1. The van der Waals surface area contributed by atoms with Gasteiger partial charge in [-0.2, -0.15) is 0 Å². The number of aromatic nitrogens is 1. The maximum atomic E-state index is 15.0. The first-order valence-electron chi connectivity index (χ1n) is 7.88. The van der Waals surface area contributed by atoms with Crippen molar-refractivity contribution in [1.29, 1.82) is 0 Å². The topological polar surface area (TPSA) is 51.3 Å². The van der Waals surface area contributed by atoms with E-state index in [1.807, 2.05) is 0 Å². The SMILES string of the molecule is CC(C)(C)OC(=O)c1c(-c2c(Cl)cc(Cl)cc2Cl)c[nH]c1C1(F)COC1. The zero-order valence-corrected chi connectivity index (χ0v) is 16.7. The minimum Gasteiger partial charge on any atom is -0.456 e. The van der Waals surface area contributed by atoms with Crippen molar-refractivity contribution in [2.45, 2.75) is 32.0 Å². The van der Waals surface area contributed by atoms with Crippen molar-refractivity contribution in [3.63, 3.8) is 0 Å². The highest BCUT2D eigenvalue weighted by atomic mass is 35.5. The second-order valence-corrected chi connectivity index (χ2v) is 8.41. The summed E-state index contributed by atoms with van der Waals surface area (Å²) in [5.74, 6) is -0.672. The zero-order chi connectivity index (χ0) is 19.3. The molecule has 1 aliphatic heterocycles. The van der Waals surface area contributed by atoms with E-state index in [1.54, 1.807) is 20.8 Å². The molecule has 140 valence electrons. The predicted molar refractivity (Wildman–Crippen MR) is 100 cm³/mol. The van der Waals surface area contributed by atoms with Gasteiger partial charge in [0.1, 0.15) is 5.60 Å². The fraction of sp³-hybridized carbons (Fsp3) is 0.389. The number of nitrogens with one attached hydrogen (secondary N) is 1. The Kier molecular flexibility index (Phi) is 5.03. The van der Waals surface area contributed by atoms with E-state index in [4.69, 9.17) is 44.3 Å². The van der Waals surface area contributed by atoms with Crippen LogP contribution in [0.3, 0.4) is 0 Å². The highest BCUT2D eigenvalue weighted by Gasteiger charge is 2.46. The molecule has 26 heavy (non-hydrogen) atoms. The van der Waals surface area contributed by atoms with E-state index in [1.165, 1.54) is 18.3 Å². The fourth-order valence-electron chi connectivity index (χ4n) is 2.74. The number of carbonyl (C=O) groups is 1. The molecule has 0 unspecified atom stereocenters. The molecular weight excluding hydrogens is 404 g/mol. The predicted octanol–water partition coefficient (Wildman–Crippen LogP) is 5.79. The van der Waals surface area contributed by atoms with Crippen LogP contribution in [0.15, 0.2) is 18.3 Å². The van der Waals surface area contributed by atoms with Crippen LogP contribution in [0.4, 0.5) is 4.39 Å². The summed E-state index contributed by atoms with van der Waals surface area (Å²) in [7, 11) is 0. The van der Waals surface area contributed by atoms with Gasteiger partial charge in [-0.15, -0.1) is 0 Å². The normalized spacial score (nSPS) is 16.3. The molecule has 0 atom stereocenters. The van der Waals surface area contributed by atoms with E-state index >= 15 is 4.39 Å². The van der Waals surface area contributed by atoms with Gasteiger partial charge in [0.05, 0.1) is 34.5 Å². The number of alkyl halides is 1. The van der Waals surface area contributed by atoms with Crippen molar-refractivity contribution in [2.75, 3.05) is 13.2 Å². The van der Waals surface area contributed by atoms with Crippen LogP contribution in [-0.2, 0) is 15.1 Å². The Bertz CT molecular complexity index is 846. The Hall–Kier alpha value is -1.27. The number of hydrogen-bond acceptors (Lipinski definition) is 3. The van der Waals surface area contributed by atoms with Crippen LogP contribution < -0.4 is 0 Å². The highest BCUT2D eigenvalue weighted by molar-refractivity contribution is 6.42. The quantitative estimate of drug-likeness (QED) is 0.639. The number of carbonyl (C=O) groups excluding carboxylic acids is 1. The van der Waals surface area contributed by atoms with Crippen molar-refractivity contribution < 1.29 is 18.7 Å². The molecule has 2 heterocycles.